The van der Waals surface area contributed by atoms with Gasteiger partial charge in [0.1, 0.15) is 5.75 Å². The van der Waals surface area contributed by atoms with Gasteiger partial charge >= 0.3 is 6.11 Å². The molecule has 4 rings (SSSR count). The van der Waals surface area contributed by atoms with Gasteiger partial charge in [0.15, 0.2) is 17.5 Å². The van der Waals surface area contributed by atoms with Crippen LogP contribution in [0.15, 0.2) is 12.1 Å². The van der Waals surface area contributed by atoms with E-state index in [0.717, 1.165) is 38.5 Å². The molecule has 0 aromatic heterocycles. The molecule has 0 N–H and O–H groups in total. The van der Waals surface area contributed by atoms with Gasteiger partial charge in [0.05, 0.1) is 18.1 Å². The van der Waals surface area contributed by atoms with Crippen molar-refractivity contribution in [1.82, 2.24) is 0 Å². The van der Waals surface area contributed by atoms with E-state index < -0.39 is 35.2 Å². The van der Waals surface area contributed by atoms with Crippen molar-refractivity contribution in [2.75, 3.05) is 0 Å². The highest BCUT2D eigenvalue weighted by Gasteiger charge is 2.45. The van der Waals surface area contributed by atoms with Crippen LogP contribution in [0.5, 0.6) is 5.75 Å². The van der Waals surface area contributed by atoms with Gasteiger partial charge in [-0.05, 0) is 88.9 Å². The summed E-state index contributed by atoms with van der Waals surface area (Å²) in [5, 5.41) is 0. The Morgan fingerprint density at radius 3 is 1.81 bits per heavy atom. The molecule has 1 heterocycles. The third-order valence-electron chi connectivity index (χ3n) is 7.73. The number of benzene rings is 1. The molecule has 0 bridgehead atoms. The highest BCUT2D eigenvalue weighted by molar-refractivity contribution is 5.25. The van der Waals surface area contributed by atoms with E-state index in [1.165, 1.54) is 0 Å². The predicted octanol–water partition coefficient (Wildman–Crippen LogP) is 7.26. The lowest BCUT2D eigenvalue weighted by molar-refractivity contribution is -0.224. The van der Waals surface area contributed by atoms with Gasteiger partial charge in [-0.3, -0.25) is 0 Å². The van der Waals surface area contributed by atoms with E-state index >= 15 is 0 Å². The second-order valence-electron chi connectivity index (χ2n) is 9.71. The smallest absolute Gasteiger partial charge is 0.400 e. The quantitative estimate of drug-likeness (QED) is 0.350. The van der Waals surface area contributed by atoms with Crippen molar-refractivity contribution in [3.05, 3.63) is 29.6 Å². The average molecular weight is 447 g/mol. The van der Waals surface area contributed by atoms with Gasteiger partial charge in [-0.25, -0.2) is 13.2 Å². The molecule has 2 nitrogen and oxygen atoms in total. The Balaban J connectivity index is 1.26. The van der Waals surface area contributed by atoms with Crippen molar-refractivity contribution in [2.24, 2.45) is 23.7 Å². The standard InChI is InChI=1S/C24H31F5O2/c1-14-2-11-22(30-14)17-5-3-15(4-6-17)16-7-9-18(10-8-16)24(28,29)31-19-12-20(25)23(27)21(26)13-19/h12-18,22H,2-11H2,1H3. The van der Waals surface area contributed by atoms with E-state index in [0.29, 0.717) is 67.8 Å². The zero-order chi connectivity index (χ0) is 22.2. The SMILES string of the molecule is CC1CCC(C2CCC(C3CCC(C(F)(F)Oc4cc(F)c(F)c(F)c4)CC3)CC2)O1. The average Bonchev–Trinajstić information content (AvgIpc) is 3.18. The largest absolute Gasteiger partial charge is 0.432 e. The van der Waals surface area contributed by atoms with E-state index in [1.807, 2.05) is 0 Å². The van der Waals surface area contributed by atoms with Crippen LogP contribution in [0.4, 0.5) is 22.0 Å². The molecule has 31 heavy (non-hydrogen) atoms. The Hall–Kier alpha value is -1.37. The van der Waals surface area contributed by atoms with Crippen LogP contribution in [-0.2, 0) is 4.74 Å². The van der Waals surface area contributed by atoms with Crippen molar-refractivity contribution in [3.8, 4) is 5.75 Å². The maximum Gasteiger partial charge on any atom is 0.400 e. The molecule has 0 radical (unpaired) electrons. The first kappa shape index (κ1) is 22.8. The minimum absolute atomic E-state index is 0.313. The van der Waals surface area contributed by atoms with Crippen molar-refractivity contribution in [1.29, 1.82) is 0 Å². The zero-order valence-corrected chi connectivity index (χ0v) is 17.9. The summed E-state index contributed by atoms with van der Waals surface area (Å²) in [6, 6.07) is 0.927. The van der Waals surface area contributed by atoms with Crippen LogP contribution in [0, 0.1) is 41.1 Å². The molecule has 7 heteroatoms. The van der Waals surface area contributed by atoms with E-state index in [1.54, 1.807) is 0 Å². The Labute approximate surface area is 180 Å². The fourth-order valence-electron chi connectivity index (χ4n) is 5.93. The fraction of sp³-hybridized carbons (Fsp3) is 0.750. The highest BCUT2D eigenvalue weighted by atomic mass is 19.3. The molecule has 1 aliphatic heterocycles. The lowest BCUT2D eigenvalue weighted by atomic mass is 9.68. The van der Waals surface area contributed by atoms with Gasteiger partial charge in [-0.1, -0.05) is 0 Å². The van der Waals surface area contributed by atoms with E-state index in [4.69, 9.17) is 4.74 Å². The molecule has 1 aromatic carbocycles. The normalized spacial score (nSPS) is 34.6. The minimum atomic E-state index is -3.55. The first-order valence-corrected chi connectivity index (χ1v) is 11.6. The van der Waals surface area contributed by atoms with Crippen LogP contribution in [0.3, 0.4) is 0 Å². The van der Waals surface area contributed by atoms with Crippen LogP contribution in [0.1, 0.15) is 71.1 Å². The Morgan fingerprint density at radius 1 is 0.774 bits per heavy atom. The Bertz CT molecular complexity index is 731. The number of hydrogen-bond donors (Lipinski definition) is 0. The monoisotopic (exact) mass is 446 g/mol. The molecule has 2 atom stereocenters. The van der Waals surface area contributed by atoms with Crippen LogP contribution < -0.4 is 4.74 Å². The second-order valence-corrected chi connectivity index (χ2v) is 9.71. The molecule has 0 spiro atoms. The third-order valence-corrected chi connectivity index (χ3v) is 7.73. The molecule has 0 amide bonds. The van der Waals surface area contributed by atoms with Gasteiger partial charge in [-0.15, -0.1) is 0 Å². The molecule has 2 unspecified atom stereocenters. The lowest BCUT2D eigenvalue weighted by Crippen LogP contribution is -2.38. The summed E-state index contributed by atoms with van der Waals surface area (Å²) in [6.07, 6.45) is 6.13. The van der Waals surface area contributed by atoms with Crippen LogP contribution in [0.25, 0.3) is 0 Å². The van der Waals surface area contributed by atoms with Gasteiger partial charge in [0.25, 0.3) is 0 Å². The highest BCUT2D eigenvalue weighted by Crippen LogP contribution is 2.46. The summed E-state index contributed by atoms with van der Waals surface area (Å²) in [7, 11) is 0. The summed E-state index contributed by atoms with van der Waals surface area (Å²) < 4.78 is 79.6. The van der Waals surface area contributed by atoms with Gasteiger partial charge in [-0.2, -0.15) is 8.78 Å². The van der Waals surface area contributed by atoms with Crippen molar-refractivity contribution in [3.63, 3.8) is 0 Å². The summed E-state index contributed by atoms with van der Waals surface area (Å²) in [4.78, 5) is 0. The third kappa shape index (κ3) is 5.18. The van der Waals surface area contributed by atoms with Gasteiger partial charge in [0, 0.05) is 12.1 Å². The number of ether oxygens (including phenoxy) is 2. The fourth-order valence-corrected chi connectivity index (χ4v) is 5.93. The summed E-state index contributed by atoms with van der Waals surface area (Å²) in [5.41, 5.74) is 0. The maximum atomic E-state index is 14.6. The van der Waals surface area contributed by atoms with Crippen LogP contribution in [0.2, 0.25) is 0 Å². The molecule has 3 aliphatic rings. The lowest BCUT2D eigenvalue weighted by Gasteiger charge is -2.40. The second kappa shape index (κ2) is 9.24. The van der Waals surface area contributed by atoms with Gasteiger partial charge in [0.2, 0.25) is 0 Å². The molecular weight excluding hydrogens is 415 g/mol. The van der Waals surface area contributed by atoms with Crippen molar-refractivity contribution >= 4 is 0 Å². The number of rotatable bonds is 5. The number of hydrogen-bond acceptors (Lipinski definition) is 2. The van der Waals surface area contributed by atoms with Gasteiger partial charge < -0.3 is 9.47 Å². The number of halogens is 5. The molecule has 174 valence electrons. The Kier molecular flexibility index (Phi) is 6.80. The first-order valence-electron chi connectivity index (χ1n) is 11.6. The van der Waals surface area contributed by atoms with E-state index in [-0.39, 0.29) is 0 Å². The molecule has 2 saturated carbocycles. The number of alkyl halides is 2. The predicted molar refractivity (Wildman–Crippen MR) is 106 cm³/mol. The van der Waals surface area contributed by atoms with Crippen LogP contribution in [-0.4, -0.2) is 18.3 Å². The van der Waals surface area contributed by atoms with Crippen molar-refractivity contribution < 1.29 is 31.4 Å². The molecule has 3 fully saturated rings. The minimum Gasteiger partial charge on any atom is -0.432 e. The summed E-state index contributed by atoms with van der Waals surface area (Å²) >= 11 is 0. The van der Waals surface area contributed by atoms with Crippen molar-refractivity contribution in [2.45, 2.75) is 89.4 Å². The molecule has 2 aliphatic carbocycles. The van der Waals surface area contributed by atoms with E-state index in [2.05, 4.69) is 11.7 Å². The molecular formula is C24H31F5O2. The zero-order valence-electron chi connectivity index (χ0n) is 17.9. The topological polar surface area (TPSA) is 18.5 Å². The summed E-state index contributed by atoms with van der Waals surface area (Å²) in [6.45, 7) is 2.13. The van der Waals surface area contributed by atoms with E-state index in [9.17, 15) is 22.0 Å². The first-order chi connectivity index (χ1) is 14.7. The molecule has 1 aromatic rings. The summed E-state index contributed by atoms with van der Waals surface area (Å²) in [5.74, 6) is -4.82. The Morgan fingerprint density at radius 2 is 1.29 bits per heavy atom. The molecule has 1 saturated heterocycles. The maximum absolute atomic E-state index is 14.6. The van der Waals surface area contributed by atoms with Crippen LogP contribution >= 0.6 is 0 Å².